The minimum atomic E-state index is -0.400. The Hall–Kier alpha value is -2.02. The molecule has 0 radical (unpaired) electrons. The normalized spacial score (nSPS) is 11.0. The standard InChI is InChI=1S/C21H12BrFO2S2/c22-13-5-9-15(10-6-13)26-19-17-3-1-2-4-18(17)25-21(24)20(19)27-16-11-7-14(23)8-12-16/h1-12H. The van der Waals surface area contributed by atoms with Crippen molar-refractivity contribution in [2.45, 2.75) is 19.6 Å². The maximum Gasteiger partial charge on any atom is 0.351 e. The Morgan fingerprint density at radius 1 is 0.778 bits per heavy atom. The quantitative estimate of drug-likeness (QED) is 0.308. The largest absolute Gasteiger partial charge is 0.422 e. The van der Waals surface area contributed by atoms with Gasteiger partial charge in [0, 0.05) is 24.5 Å². The molecular weight excluding hydrogens is 447 g/mol. The van der Waals surface area contributed by atoms with E-state index < -0.39 is 5.63 Å². The van der Waals surface area contributed by atoms with Crippen molar-refractivity contribution in [1.29, 1.82) is 0 Å². The Balaban J connectivity index is 1.85. The highest BCUT2D eigenvalue weighted by atomic mass is 79.9. The van der Waals surface area contributed by atoms with Gasteiger partial charge in [-0.2, -0.15) is 0 Å². The van der Waals surface area contributed by atoms with Crippen molar-refractivity contribution in [2.75, 3.05) is 0 Å². The predicted molar refractivity (Wildman–Crippen MR) is 111 cm³/mol. The van der Waals surface area contributed by atoms with Crippen molar-refractivity contribution in [3.05, 3.63) is 93.5 Å². The lowest BCUT2D eigenvalue weighted by molar-refractivity contribution is 0.537. The number of hydrogen-bond donors (Lipinski definition) is 0. The lowest BCUT2D eigenvalue weighted by atomic mass is 10.2. The van der Waals surface area contributed by atoms with E-state index in [4.69, 9.17) is 4.42 Å². The van der Waals surface area contributed by atoms with Crippen LogP contribution < -0.4 is 5.63 Å². The smallest absolute Gasteiger partial charge is 0.351 e. The second-order valence-electron chi connectivity index (χ2n) is 5.66. The first-order valence-corrected chi connectivity index (χ1v) is 10.5. The molecule has 134 valence electrons. The van der Waals surface area contributed by atoms with Crippen LogP contribution >= 0.6 is 39.5 Å². The summed E-state index contributed by atoms with van der Waals surface area (Å²) in [6.45, 7) is 0. The van der Waals surface area contributed by atoms with Crippen LogP contribution in [0.5, 0.6) is 0 Å². The zero-order valence-corrected chi connectivity index (χ0v) is 17.0. The summed E-state index contributed by atoms with van der Waals surface area (Å²) in [5.74, 6) is -0.311. The van der Waals surface area contributed by atoms with Gasteiger partial charge in [-0.15, -0.1) is 0 Å². The summed E-state index contributed by atoms with van der Waals surface area (Å²) >= 11 is 6.23. The van der Waals surface area contributed by atoms with Crippen LogP contribution in [0.3, 0.4) is 0 Å². The van der Waals surface area contributed by atoms with Crippen LogP contribution in [0.2, 0.25) is 0 Å². The molecule has 0 aliphatic carbocycles. The molecule has 0 aliphatic heterocycles. The van der Waals surface area contributed by atoms with E-state index in [-0.39, 0.29) is 5.82 Å². The predicted octanol–water partition coefficient (Wildman–Crippen LogP) is 7.00. The molecule has 27 heavy (non-hydrogen) atoms. The molecule has 0 fully saturated rings. The third kappa shape index (κ3) is 4.13. The topological polar surface area (TPSA) is 30.2 Å². The molecule has 4 aromatic rings. The number of rotatable bonds is 4. The van der Waals surface area contributed by atoms with Crippen LogP contribution in [-0.2, 0) is 0 Å². The van der Waals surface area contributed by atoms with Gasteiger partial charge in [0.1, 0.15) is 16.3 Å². The van der Waals surface area contributed by atoms with Crippen LogP contribution in [0.25, 0.3) is 11.0 Å². The van der Waals surface area contributed by atoms with Gasteiger partial charge >= 0.3 is 5.63 Å². The van der Waals surface area contributed by atoms with E-state index in [1.165, 1.54) is 35.7 Å². The molecule has 0 saturated carbocycles. The highest BCUT2D eigenvalue weighted by Gasteiger charge is 2.17. The summed E-state index contributed by atoms with van der Waals surface area (Å²) in [5.41, 5.74) is 0.146. The van der Waals surface area contributed by atoms with Gasteiger partial charge in [-0.1, -0.05) is 57.7 Å². The van der Waals surface area contributed by atoms with Crippen molar-refractivity contribution in [3.8, 4) is 0 Å². The van der Waals surface area contributed by atoms with E-state index in [2.05, 4.69) is 15.9 Å². The minimum Gasteiger partial charge on any atom is -0.422 e. The molecule has 0 atom stereocenters. The highest BCUT2D eigenvalue weighted by molar-refractivity contribution is 9.10. The summed E-state index contributed by atoms with van der Waals surface area (Å²) in [4.78, 5) is 15.8. The maximum absolute atomic E-state index is 13.2. The molecule has 1 aromatic heterocycles. The van der Waals surface area contributed by atoms with Gasteiger partial charge in [0.05, 0.1) is 0 Å². The van der Waals surface area contributed by atoms with E-state index in [0.717, 1.165) is 24.5 Å². The highest BCUT2D eigenvalue weighted by Crippen LogP contribution is 2.41. The Labute approximate surface area is 171 Å². The molecule has 2 nitrogen and oxygen atoms in total. The molecule has 1 heterocycles. The zero-order chi connectivity index (χ0) is 18.8. The molecular formula is C21H12BrFO2S2. The van der Waals surface area contributed by atoms with Crippen molar-refractivity contribution in [1.82, 2.24) is 0 Å². The van der Waals surface area contributed by atoms with E-state index in [9.17, 15) is 9.18 Å². The molecule has 0 amide bonds. The number of para-hydroxylation sites is 1. The van der Waals surface area contributed by atoms with E-state index in [1.807, 2.05) is 42.5 Å². The third-order valence-electron chi connectivity index (χ3n) is 3.79. The van der Waals surface area contributed by atoms with Crippen molar-refractivity contribution >= 4 is 50.4 Å². The average molecular weight is 459 g/mol. The van der Waals surface area contributed by atoms with Crippen LogP contribution in [0.15, 0.2) is 106 Å². The Morgan fingerprint density at radius 3 is 2.07 bits per heavy atom. The summed E-state index contributed by atoms with van der Waals surface area (Å²) in [6.07, 6.45) is 0. The molecule has 4 rings (SSSR count). The van der Waals surface area contributed by atoms with Gasteiger partial charge in [0.25, 0.3) is 0 Å². The maximum atomic E-state index is 13.2. The summed E-state index contributed by atoms with van der Waals surface area (Å²) in [7, 11) is 0. The average Bonchev–Trinajstić information content (AvgIpc) is 2.67. The van der Waals surface area contributed by atoms with Gasteiger partial charge in [-0.05, 0) is 54.6 Å². The number of halogens is 2. The first-order chi connectivity index (χ1) is 13.1. The molecule has 6 heteroatoms. The van der Waals surface area contributed by atoms with Gasteiger partial charge < -0.3 is 4.42 Å². The first-order valence-electron chi connectivity index (χ1n) is 8.03. The van der Waals surface area contributed by atoms with Gasteiger partial charge in [-0.25, -0.2) is 9.18 Å². The Bertz CT molecular complexity index is 1160. The fourth-order valence-electron chi connectivity index (χ4n) is 2.53. The van der Waals surface area contributed by atoms with Gasteiger partial charge in [-0.3, -0.25) is 0 Å². The minimum absolute atomic E-state index is 0.311. The second kappa shape index (κ2) is 7.92. The van der Waals surface area contributed by atoms with E-state index in [1.54, 1.807) is 18.2 Å². The van der Waals surface area contributed by atoms with E-state index in [0.29, 0.717) is 10.5 Å². The molecule has 3 aromatic carbocycles. The molecule has 0 N–H and O–H groups in total. The Morgan fingerprint density at radius 2 is 1.37 bits per heavy atom. The number of fused-ring (bicyclic) bond motifs is 1. The molecule has 0 unspecified atom stereocenters. The summed E-state index contributed by atoms with van der Waals surface area (Å²) in [5, 5.41) is 0.870. The summed E-state index contributed by atoms with van der Waals surface area (Å²) in [6, 6.07) is 21.5. The number of hydrogen-bond acceptors (Lipinski definition) is 4. The van der Waals surface area contributed by atoms with Crippen molar-refractivity contribution in [3.63, 3.8) is 0 Å². The molecule has 0 bridgehead atoms. The first kappa shape index (κ1) is 18.3. The van der Waals surface area contributed by atoms with Crippen LogP contribution in [0.1, 0.15) is 0 Å². The fourth-order valence-corrected chi connectivity index (χ4v) is 4.85. The Kier molecular flexibility index (Phi) is 5.38. The SMILES string of the molecule is O=c1oc2ccccc2c(Sc2ccc(Br)cc2)c1Sc1ccc(F)cc1. The fraction of sp³-hybridized carbons (Fsp3) is 0. The lowest BCUT2D eigenvalue weighted by Gasteiger charge is -2.11. The van der Waals surface area contributed by atoms with Gasteiger partial charge in [0.2, 0.25) is 0 Å². The van der Waals surface area contributed by atoms with E-state index >= 15 is 0 Å². The third-order valence-corrected chi connectivity index (χ3v) is 6.67. The van der Waals surface area contributed by atoms with Crippen LogP contribution in [-0.4, -0.2) is 0 Å². The van der Waals surface area contributed by atoms with Gasteiger partial charge in [0.15, 0.2) is 0 Å². The monoisotopic (exact) mass is 458 g/mol. The van der Waals surface area contributed by atoms with Crippen LogP contribution in [0, 0.1) is 5.82 Å². The van der Waals surface area contributed by atoms with Crippen molar-refractivity contribution < 1.29 is 8.81 Å². The number of benzene rings is 3. The second-order valence-corrected chi connectivity index (χ2v) is 8.74. The lowest BCUT2D eigenvalue weighted by Crippen LogP contribution is -2.04. The molecule has 0 aliphatic rings. The van der Waals surface area contributed by atoms with Crippen molar-refractivity contribution in [2.24, 2.45) is 0 Å². The molecule has 0 spiro atoms. The summed E-state index contributed by atoms with van der Waals surface area (Å²) < 4.78 is 19.7. The van der Waals surface area contributed by atoms with Crippen LogP contribution in [0.4, 0.5) is 4.39 Å². The molecule has 0 saturated heterocycles. The zero-order valence-electron chi connectivity index (χ0n) is 13.8.